The van der Waals surface area contributed by atoms with Crippen LogP contribution in [-0.2, 0) is 11.3 Å². The summed E-state index contributed by atoms with van der Waals surface area (Å²) < 4.78 is 5.26. The first-order valence-corrected chi connectivity index (χ1v) is 4.91. The van der Waals surface area contributed by atoms with Gasteiger partial charge in [0.1, 0.15) is 0 Å². The summed E-state index contributed by atoms with van der Waals surface area (Å²) in [6.07, 6.45) is 0. The Hall–Kier alpha value is -1.55. The first-order valence-electron chi connectivity index (χ1n) is 4.91. The number of nitrogens with one attached hydrogen (secondary N) is 2. The van der Waals surface area contributed by atoms with Gasteiger partial charge >= 0.3 is 6.03 Å². The number of hydrogen-bond donors (Lipinski definition) is 2. The highest BCUT2D eigenvalue weighted by molar-refractivity contribution is 5.88. The van der Waals surface area contributed by atoms with Crippen molar-refractivity contribution in [2.75, 3.05) is 19.0 Å². The molecule has 82 valence electrons. The first kappa shape index (κ1) is 11.5. The molecule has 0 fully saturated rings. The molecule has 0 radical (unpaired) electrons. The molecule has 0 unspecified atom stereocenters. The highest BCUT2D eigenvalue weighted by Crippen LogP contribution is 2.10. The lowest BCUT2D eigenvalue weighted by atomic mass is 10.2. The van der Waals surface area contributed by atoms with Crippen molar-refractivity contribution in [3.63, 3.8) is 0 Å². The molecule has 4 heteroatoms. The van der Waals surface area contributed by atoms with E-state index in [1.165, 1.54) is 0 Å². The van der Waals surface area contributed by atoms with Crippen molar-refractivity contribution in [3.05, 3.63) is 29.8 Å². The van der Waals surface area contributed by atoms with E-state index in [-0.39, 0.29) is 6.03 Å². The van der Waals surface area contributed by atoms with Crippen LogP contribution >= 0.6 is 0 Å². The van der Waals surface area contributed by atoms with E-state index in [1.807, 2.05) is 31.2 Å². The average Bonchev–Trinajstić information content (AvgIpc) is 2.28. The molecule has 2 N–H and O–H groups in total. The lowest BCUT2D eigenvalue weighted by Crippen LogP contribution is -2.24. The highest BCUT2D eigenvalue weighted by Gasteiger charge is 1.98. The van der Waals surface area contributed by atoms with Gasteiger partial charge in [0.05, 0.1) is 6.61 Å². The van der Waals surface area contributed by atoms with Crippen LogP contribution in [0.4, 0.5) is 10.5 Å². The van der Waals surface area contributed by atoms with Gasteiger partial charge in [0, 0.05) is 19.3 Å². The first-order chi connectivity index (χ1) is 7.26. The minimum Gasteiger partial charge on any atom is -0.377 e. The second kappa shape index (κ2) is 6.03. The Morgan fingerprint density at radius 2 is 2.00 bits per heavy atom. The number of carbonyl (C=O) groups excluding carboxylic acids is 1. The van der Waals surface area contributed by atoms with E-state index < -0.39 is 0 Å². The van der Waals surface area contributed by atoms with Gasteiger partial charge in [-0.1, -0.05) is 12.1 Å². The number of benzene rings is 1. The molecule has 1 aromatic carbocycles. The Morgan fingerprint density at radius 3 is 2.53 bits per heavy atom. The predicted molar refractivity (Wildman–Crippen MR) is 59.9 cm³/mol. The van der Waals surface area contributed by atoms with Gasteiger partial charge in [-0.05, 0) is 24.6 Å². The van der Waals surface area contributed by atoms with Crippen LogP contribution in [0.5, 0.6) is 0 Å². The largest absolute Gasteiger partial charge is 0.377 e. The van der Waals surface area contributed by atoms with Crippen molar-refractivity contribution in [1.29, 1.82) is 0 Å². The number of rotatable bonds is 4. The molecule has 0 bridgehead atoms. The molecule has 0 saturated carbocycles. The maximum absolute atomic E-state index is 11.0. The topological polar surface area (TPSA) is 50.4 Å². The fourth-order valence-electron chi connectivity index (χ4n) is 1.10. The van der Waals surface area contributed by atoms with Crippen LogP contribution in [0.2, 0.25) is 0 Å². The number of urea groups is 1. The van der Waals surface area contributed by atoms with Crippen molar-refractivity contribution >= 4 is 11.7 Å². The third-order valence-electron chi connectivity index (χ3n) is 1.91. The zero-order valence-electron chi connectivity index (χ0n) is 9.04. The number of anilines is 1. The van der Waals surface area contributed by atoms with Crippen LogP contribution in [0.1, 0.15) is 12.5 Å². The van der Waals surface area contributed by atoms with Gasteiger partial charge in [-0.15, -0.1) is 0 Å². The fraction of sp³-hybridized carbons (Fsp3) is 0.364. The molecule has 0 saturated heterocycles. The van der Waals surface area contributed by atoms with Gasteiger partial charge in [-0.2, -0.15) is 0 Å². The Balaban J connectivity index is 2.52. The second-order valence-corrected chi connectivity index (χ2v) is 3.04. The molecule has 0 aromatic heterocycles. The van der Waals surface area contributed by atoms with Crippen molar-refractivity contribution < 1.29 is 9.53 Å². The van der Waals surface area contributed by atoms with Crippen molar-refractivity contribution in [1.82, 2.24) is 5.32 Å². The minimum absolute atomic E-state index is 0.215. The summed E-state index contributed by atoms with van der Waals surface area (Å²) in [5, 5.41) is 5.17. The van der Waals surface area contributed by atoms with Gasteiger partial charge < -0.3 is 15.4 Å². The SMILES string of the molecule is CCOCc1ccc(NC(=O)NC)cc1. The molecule has 0 aliphatic carbocycles. The molecule has 1 aromatic rings. The summed E-state index contributed by atoms with van der Waals surface area (Å²) in [4.78, 5) is 11.0. The summed E-state index contributed by atoms with van der Waals surface area (Å²) in [6.45, 7) is 3.27. The number of ether oxygens (including phenoxy) is 1. The van der Waals surface area contributed by atoms with Crippen molar-refractivity contribution in [2.45, 2.75) is 13.5 Å². The molecule has 1 rings (SSSR count). The standard InChI is InChI=1S/C11H16N2O2/c1-3-15-8-9-4-6-10(7-5-9)13-11(14)12-2/h4-7H,3,8H2,1-2H3,(H2,12,13,14). The average molecular weight is 208 g/mol. The van der Waals surface area contributed by atoms with E-state index in [1.54, 1.807) is 7.05 Å². The monoisotopic (exact) mass is 208 g/mol. The van der Waals surface area contributed by atoms with Gasteiger partial charge in [0.25, 0.3) is 0 Å². The minimum atomic E-state index is -0.215. The highest BCUT2D eigenvalue weighted by atomic mass is 16.5. The van der Waals surface area contributed by atoms with Crippen LogP contribution in [0.25, 0.3) is 0 Å². The third-order valence-corrected chi connectivity index (χ3v) is 1.91. The Labute approximate surface area is 89.6 Å². The zero-order chi connectivity index (χ0) is 11.1. The summed E-state index contributed by atoms with van der Waals surface area (Å²) >= 11 is 0. The summed E-state index contributed by atoms with van der Waals surface area (Å²) in [5.41, 5.74) is 1.87. The molecule has 0 atom stereocenters. The van der Waals surface area contributed by atoms with Crippen molar-refractivity contribution in [2.24, 2.45) is 0 Å². The molecule has 2 amide bonds. The quantitative estimate of drug-likeness (QED) is 0.794. The van der Waals surface area contributed by atoms with Crippen LogP contribution in [0, 0.1) is 0 Å². The lowest BCUT2D eigenvalue weighted by Gasteiger charge is -2.05. The third kappa shape index (κ3) is 3.99. The van der Waals surface area contributed by atoms with Crippen LogP contribution < -0.4 is 10.6 Å². The van der Waals surface area contributed by atoms with Crippen LogP contribution in [0.3, 0.4) is 0 Å². The van der Waals surface area contributed by atoms with E-state index in [0.717, 1.165) is 11.3 Å². The van der Waals surface area contributed by atoms with Gasteiger partial charge in [0.2, 0.25) is 0 Å². The summed E-state index contributed by atoms with van der Waals surface area (Å²) in [5.74, 6) is 0. The maximum Gasteiger partial charge on any atom is 0.318 e. The summed E-state index contributed by atoms with van der Waals surface area (Å²) in [7, 11) is 1.58. The molecule has 0 aliphatic rings. The van der Waals surface area contributed by atoms with Gasteiger partial charge in [0.15, 0.2) is 0 Å². The lowest BCUT2D eigenvalue weighted by molar-refractivity contribution is 0.134. The van der Waals surface area contributed by atoms with E-state index in [4.69, 9.17) is 4.74 Å². The van der Waals surface area contributed by atoms with Gasteiger partial charge in [-0.3, -0.25) is 0 Å². The van der Waals surface area contributed by atoms with E-state index in [0.29, 0.717) is 13.2 Å². The van der Waals surface area contributed by atoms with E-state index >= 15 is 0 Å². The molecule has 0 spiro atoms. The van der Waals surface area contributed by atoms with Gasteiger partial charge in [-0.25, -0.2) is 4.79 Å². The molecular formula is C11H16N2O2. The summed E-state index contributed by atoms with van der Waals surface area (Å²) in [6, 6.07) is 7.35. The Morgan fingerprint density at radius 1 is 1.33 bits per heavy atom. The fourth-order valence-corrected chi connectivity index (χ4v) is 1.10. The smallest absolute Gasteiger partial charge is 0.318 e. The molecule has 0 heterocycles. The Kier molecular flexibility index (Phi) is 4.63. The zero-order valence-corrected chi connectivity index (χ0v) is 9.04. The number of carbonyl (C=O) groups is 1. The molecule has 4 nitrogen and oxygen atoms in total. The van der Waals surface area contributed by atoms with Crippen LogP contribution in [0.15, 0.2) is 24.3 Å². The Bertz CT molecular complexity index is 309. The normalized spacial score (nSPS) is 9.73. The van der Waals surface area contributed by atoms with Crippen LogP contribution in [-0.4, -0.2) is 19.7 Å². The second-order valence-electron chi connectivity index (χ2n) is 3.04. The number of amides is 2. The molecule has 0 aliphatic heterocycles. The molecular weight excluding hydrogens is 192 g/mol. The predicted octanol–water partition coefficient (Wildman–Crippen LogP) is 1.97. The van der Waals surface area contributed by atoms with Crippen molar-refractivity contribution in [3.8, 4) is 0 Å². The van der Waals surface area contributed by atoms with E-state index in [9.17, 15) is 4.79 Å². The molecule has 15 heavy (non-hydrogen) atoms. The maximum atomic E-state index is 11.0. The number of hydrogen-bond acceptors (Lipinski definition) is 2. The van der Waals surface area contributed by atoms with E-state index in [2.05, 4.69) is 10.6 Å².